The lowest BCUT2D eigenvalue weighted by atomic mass is 10.0. The maximum Gasteiger partial charge on any atom is 0.222 e. The number of nitrogens with zero attached hydrogens (tertiary/aromatic N) is 7. The normalized spacial score (nSPS) is 17.3. The van der Waals surface area contributed by atoms with Gasteiger partial charge in [-0.2, -0.15) is 4.68 Å². The molecule has 3 aromatic rings. The molecule has 1 saturated carbocycles. The van der Waals surface area contributed by atoms with Gasteiger partial charge in [0.2, 0.25) is 5.91 Å². The summed E-state index contributed by atoms with van der Waals surface area (Å²) in [7, 11) is 0. The van der Waals surface area contributed by atoms with E-state index in [0.29, 0.717) is 49.1 Å². The Morgan fingerprint density at radius 3 is 2.53 bits per heavy atom. The summed E-state index contributed by atoms with van der Waals surface area (Å²) in [6, 6.07) is 7.71. The summed E-state index contributed by atoms with van der Waals surface area (Å²) >= 11 is 0. The number of piperazine rings is 1. The minimum Gasteiger partial charge on any atom is -0.494 e. The van der Waals surface area contributed by atoms with Crippen molar-refractivity contribution in [1.29, 1.82) is 0 Å². The molecule has 9 nitrogen and oxygen atoms in total. The second-order valence-electron chi connectivity index (χ2n) is 8.52. The molecular weight excluding hydrogens is 406 g/mol. The minimum absolute atomic E-state index is 0.297. The molecule has 0 spiro atoms. The van der Waals surface area contributed by atoms with Crippen molar-refractivity contribution in [3.8, 4) is 11.4 Å². The molecule has 32 heavy (non-hydrogen) atoms. The van der Waals surface area contributed by atoms with Crippen LogP contribution in [0.25, 0.3) is 16.9 Å². The minimum atomic E-state index is 0.297. The van der Waals surface area contributed by atoms with Gasteiger partial charge in [0.1, 0.15) is 12.1 Å². The second-order valence-corrected chi connectivity index (χ2v) is 8.52. The zero-order valence-corrected chi connectivity index (χ0v) is 18.5. The average Bonchev–Trinajstić information content (AvgIpc) is 3.50. The molecule has 3 heterocycles. The number of carbonyl (C=O) groups excluding carboxylic acids is 1. The van der Waals surface area contributed by atoms with Crippen molar-refractivity contribution in [1.82, 2.24) is 29.9 Å². The topological polar surface area (TPSA) is 89.3 Å². The van der Waals surface area contributed by atoms with E-state index in [4.69, 9.17) is 4.74 Å². The SMILES string of the molecule is CCOc1ccc(-n2nnc3c(N4CCN(C(=O)CC5CCCC5)CC4)ncnc32)cc1. The van der Waals surface area contributed by atoms with Gasteiger partial charge in [-0.15, -0.1) is 5.10 Å². The third-order valence-corrected chi connectivity index (χ3v) is 6.48. The van der Waals surface area contributed by atoms with E-state index in [0.717, 1.165) is 30.3 Å². The van der Waals surface area contributed by atoms with Crippen LogP contribution in [0.5, 0.6) is 5.75 Å². The van der Waals surface area contributed by atoms with E-state index in [1.54, 1.807) is 11.0 Å². The first-order valence-electron chi connectivity index (χ1n) is 11.6. The van der Waals surface area contributed by atoms with Crippen molar-refractivity contribution < 1.29 is 9.53 Å². The van der Waals surface area contributed by atoms with Gasteiger partial charge in [0.25, 0.3) is 0 Å². The molecular formula is C23H29N7O2. The molecule has 2 aromatic heterocycles. The number of amides is 1. The molecule has 1 saturated heterocycles. The highest BCUT2D eigenvalue weighted by Crippen LogP contribution is 2.29. The number of fused-ring (bicyclic) bond motifs is 1. The van der Waals surface area contributed by atoms with E-state index in [2.05, 4.69) is 25.2 Å². The highest BCUT2D eigenvalue weighted by Gasteiger charge is 2.27. The van der Waals surface area contributed by atoms with Gasteiger partial charge in [-0.3, -0.25) is 4.79 Å². The molecule has 1 aliphatic heterocycles. The summed E-state index contributed by atoms with van der Waals surface area (Å²) < 4.78 is 7.24. The van der Waals surface area contributed by atoms with Crippen molar-refractivity contribution in [2.24, 2.45) is 5.92 Å². The Kier molecular flexibility index (Phi) is 5.87. The summed E-state index contributed by atoms with van der Waals surface area (Å²) in [6.45, 7) is 5.48. The van der Waals surface area contributed by atoms with Crippen LogP contribution in [0.4, 0.5) is 5.82 Å². The largest absolute Gasteiger partial charge is 0.494 e. The summed E-state index contributed by atoms with van der Waals surface area (Å²) in [5.41, 5.74) is 2.20. The second kappa shape index (κ2) is 9.10. The van der Waals surface area contributed by atoms with E-state index < -0.39 is 0 Å². The number of aromatic nitrogens is 5. The first kappa shape index (κ1) is 20.7. The molecule has 2 aliphatic rings. The van der Waals surface area contributed by atoms with E-state index in [1.165, 1.54) is 25.7 Å². The first-order valence-corrected chi connectivity index (χ1v) is 11.6. The first-order chi connectivity index (χ1) is 15.7. The zero-order valence-electron chi connectivity index (χ0n) is 18.5. The maximum atomic E-state index is 12.7. The van der Waals surface area contributed by atoms with Gasteiger partial charge >= 0.3 is 0 Å². The molecule has 1 aromatic carbocycles. The molecule has 0 atom stereocenters. The lowest BCUT2D eigenvalue weighted by Crippen LogP contribution is -2.49. The number of carbonyl (C=O) groups is 1. The van der Waals surface area contributed by atoms with Crippen molar-refractivity contribution in [2.45, 2.75) is 39.0 Å². The smallest absolute Gasteiger partial charge is 0.222 e. The summed E-state index contributed by atoms with van der Waals surface area (Å²) in [6.07, 6.45) is 7.21. The Hall–Kier alpha value is -3.23. The Balaban J connectivity index is 1.29. The predicted molar refractivity (Wildman–Crippen MR) is 121 cm³/mol. The molecule has 0 bridgehead atoms. The number of anilines is 1. The Labute approximate surface area is 187 Å². The van der Waals surface area contributed by atoms with Gasteiger partial charge in [-0.1, -0.05) is 18.1 Å². The third kappa shape index (κ3) is 4.11. The van der Waals surface area contributed by atoms with Crippen LogP contribution in [0.2, 0.25) is 0 Å². The highest BCUT2D eigenvalue weighted by atomic mass is 16.5. The van der Waals surface area contributed by atoms with E-state index >= 15 is 0 Å². The lowest BCUT2D eigenvalue weighted by Gasteiger charge is -2.35. The Bertz CT molecular complexity index is 1070. The maximum absolute atomic E-state index is 12.7. The zero-order chi connectivity index (χ0) is 21.9. The van der Waals surface area contributed by atoms with Gasteiger partial charge in [0, 0.05) is 32.6 Å². The molecule has 1 aliphatic carbocycles. The van der Waals surface area contributed by atoms with Crippen LogP contribution in [-0.4, -0.2) is 68.6 Å². The molecule has 2 fully saturated rings. The molecule has 5 rings (SSSR count). The number of hydrogen-bond donors (Lipinski definition) is 0. The number of hydrogen-bond acceptors (Lipinski definition) is 7. The molecule has 0 N–H and O–H groups in total. The summed E-state index contributed by atoms with van der Waals surface area (Å²) in [5, 5.41) is 8.72. The molecule has 0 unspecified atom stereocenters. The van der Waals surface area contributed by atoms with Gasteiger partial charge < -0.3 is 14.5 Å². The van der Waals surface area contributed by atoms with Crippen LogP contribution in [0.3, 0.4) is 0 Å². The van der Waals surface area contributed by atoms with E-state index in [1.807, 2.05) is 36.1 Å². The lowest BCUT2D eigenvalue weighted by molar-refractivity contribution is -0.132. The predicted octanol–water partition coefficient (Wildman–Crippen LogP) is 2.84. The van der Waals surface area contributed by atoms with Crippen LogP contribution >= 0.6 is 0 Å². The van der Waals surface area contributed by atoms with E-state index in [9.17, 15) is 4.79 Å². The fraction of sp³-hybridized carbons (Fsp3) is 0.522. The Morgan fingerprint density at radius 2 is 1.81 bits per heavy atom. The van der Waals surface area contributed by atoms with Crippen molar-refractivity contribution in [2.75, 3.05) is 37.7 Å². The monoisotopic (exact) mass is 435 g/mol. The van der Waals surface area contributed by atoms with Crippen LogP contribution in [0.15, 0.2) is 30.6 Å². The van der Waals surface area contributed by atoms with Crippen LogP contribution < -0.4 is 9.64 Å². The van der Waals surface area contributed by atoms with Gasteiger partial charge in [0.05, 0.1) is 12.3 Å². The van der Waals surface area contributed by atoms with E-state index in [-0.39, 0.29) is 0 Å². The molecule has 9 heteroatoms. The fourth-order valence-electron chi connectivity index (χ4n) is 4.75. The van der Waals surface area contributed by atoms with Gasteiger partial charge in [-0.05, 0) is 49.9 Å². The average molecular weight is 436 g/mol. The number of rotatable bonds is 6. The molecule has 1 amide bonds. The van der Waals surface area contributed by atoms with Crippen LogP contribution in [0, 0.1) is 5.92 Å². The number of ether oxygens (including phenoxy) is 1. The number of benzene rings is 1. The Morgan fingerprint density at radius 1 is 1.06 bits per heavy atom. The standard InChI is InChI=1S/C23H29N7O2/c1-2-32-19-9-7-18(8-10-19)30-23-21(26-27-30)22(24-16-25-23)29-13-11-28(12-14-29)20(31)15-17-5-3-4-6-17/h7-10,16-17H,2-6,11-15H2,1H3. The van der Waals surface area contributed by atoms with Crippen LogP contribution in [-0.2, 0) is 4.79 Å². The third-order valence-electron chi connectivity index (χ3n) is 6.48. The highest BCUT2D eigenvalue weighted by molar-refractivity contribution is 5.84. The molecule has 168 valence electrons. The quantitative estimate of drug-likeness (QED) is 0.588. The summed E-state index contributed by atoms with van der Waals surface area (Å²) in [5.74, 6) is 2.47. The van der Waals surface area contributed by atoms with Gasteiger partial charge in [0.15, 0.2) is 17.0 Å². The van der Waals surface area contributed by atoms with Crippen LogP contribution in [0.1, 0.15) is 39.0 Å². The molecule has 0 radical (unpaired) electrons. The summed E-state index contributed by atoms with van der Waals surface area (Å²) in [4.78, 5) is 25.8. The van der Waals surface area contributed by atoms with Crippen molar-refractivity contribution >= 4 is 22.9 Å². The van der Waals surface area contributed by atoms with Gasteiger partial charge in [-0.25, -0.2) is 9.97 Å². The fourth-order valence-corrected chi connectivity index (χ4v) is 4.75. The van der Waals surface area contributed by atoms with Crippen molar-refractivity contribution in [3.05, 3.63) is 30.6 Å². The van der Waals surface area contributed by atoms with Crippen molar-refractivity contribution in [3.63, 3.8) is 0 Å².